The van der Waals surface area contributed by atoms with E-state index in [1.807, 2.05) is 63.2 Å². The highest BCUT2D eigenvalue weighted by Gasteiger charge is 2.36. The molecule has 3 amide bonds. The van der Waals surface area contributed by atoms with Gasteiger partial charge >= 0.3 is 0 Å². The molecule has 0 spiro atoms. The molecule has 30 heavy (non-hydrogen) atoms. The quantitative estimate of drug-likeness (QED) is 0.612. The zero-order valence-corrected chi connectivity index (χ0v) is 19.6. The molecular weight excluding hydrogens is 466 g/mol. The molecule has 3 rings (SSSR count). The van der Waals surface area contributed by atoms with Gasteiger partial charge in [0, 0.05) is 24.3 Å². The van der Waals surface area contributed by atoms with E-state index in [0.29, 0.717) is 10.6 Å². The molecule has 0 aromatic heterocycles. The van der Waals surface area contributed by atoms with Gasteiger partial charge in [-0.25, -0.2) is 0 Å². The van der Waals surface area contributed by atoms with Gasteiger partial charge in [0.2, 0.25) is 5.91 Å². The molecule has 0 atom stereocenters. The second kappa shape index (κ2) is 9.06. The summed E-state index contributed by atoms with van der Waals surface area (Å²) >= 11 is 4.36. The largest absolute Gasteiger partial charge is 0.377 e. The van der Waals surface area contributed by atoms with Gasteiger partial charge in [-0.3, -0.25) is 19.3 Å². The minimum absolute atomic E-state index is 0.295. The van der Waals surface area contributed by atoms with E-state index in [0.717, 1.165) is 43.5 Å². The molecule has 1 N–H and O–H groups in total. The minimum atomic E-state index is -0.465. The number of amides is 3. The van der Waals surface area contributed by atoms with Crippen LogP contribution in [0.1, 0.15) is 16.7 Å². The molecule has 1 fully saturated rings. The summed E-state index contributed by atoms with van der Waals surface area (Å²) in [6.07, 6.45) is 1.66. The highest BCUT2D eigenvalue weighted by atomic mass is 79.9. The molecule has 1 heterocycles. The van der Waals surface area contributed by atoms with Crippen molar-refractivity contribution in [2.45, 2.75) is 13.8 Å². The van der Waals surface area contributed by atoms with Gasteiger partial charge < -0.3 is 10.2 Å². The number of thioether (sulfide) groups is 1. The maximum atomic E-state index is 12.7. The van der Waals surface area contributed by atoms with E-state index < -0.39 is 17.1 Å². The summed E-state index contributed by atoms with van der Waals surface area (Å²) in [6.45, 7) is 3.62. The predicted octanol–water partition coefficient (Wildman–Crippen LogP) is 4.81. The SMILES string of the molecule is Cc1ccc(NC(=O)CN2C(=O)SC(=Cc3ccc(N(C)C)c(Br)c3)C2=O)cc1C. The van der Waals surface area contributed by atoms with Gasteiger partial charge in [0.05, 0.1) is 10.6 Å². The molecule has 6 nitrogen and oxygen atoms in total. The summed E-state index contributed by atoms with van der Waals surface area (Å²) < 4.78 is 0.883. The second-order valence-corrected chi connectivity index (χ2v) is 9.07. The maximum absolute atomic E-state index is 12.7. The fourth-order valence-electron chi connectivity index (χ4n) is 2.93. The van der Waals surface area contributed by atoms with Crippen LogP contribution in [-0.4, -0.2) is 42.6 Å². The maximum Gasteiger partial charge on any atom is 0.294 e. The highest BCUT2D eigenvalue weighted by Crippen LogP contribution is 2.33. The van der Waals surface area contributed by atoms with Crippen molar-refractivity contribution in [3.05, 3.63) is 62.5 Å². The van der Waals surface area contributed by atoms with Crippen molar-refractivity contribution in [1.29, 1.82) is 0 Å². The van der Waals surface area contributed by atoms with Crippen LogP contribution in [0.25, 0.3) is 6.08 Å². The summed E-state index contributed by atoms with van der Waals surface area (Å²) in [6, 6.07) is 11.3. The third kappa shape index (κ3) is 4.94. The Hall–Kier alpha value is -2.58. The van der Waals surface area contributed by atoms with Crippen molar-refractivity contribution in [2.75, 3.05) is 30.9 Å². The average molecular weight is 488 g/mol. The van der Waals surface area contributed by atoms with Crippen molar-refractivity contribution >= 4 is 62.2 Å². The van der Waals surface area contributed by atoms with Crippen LogP contribution in [0.5, 0.6) is 0 Å². The second-order valence-electron chi connectivity index (χ2n) is 7.22. The van der Waals surface area contributed by atoms with E-state index >= 15 is 0 Å². The number of nitrogens with zero attached hydrogens (tertiary/aromatic N) is 2. The lowest BCUT2D eigenvalue weighted by molar-refractivity contribution is -0.127. The number of aryl methyl sites for hydroxylation is 2. The monoisotopic (exact) mass is 487 g/mol. The van der Waals surface area contributed by atoms with Gasteiger partial charge in [0.15, 0.2) is 0 Å². The van der Waals surface area contributed by atoms with Crippen LogP contribution < -0.4 is 10.2 Å². The summed E-state index contributed by atoms with van der Waals surface area (Å²) in [5, 5.41) is 2.29. The molecule has 2 aromatic carbocycles. The van der Waals surface area contributed by atoms with Gasteiger partial charge in [-0.1, -0.05) is 12.1 Å². The molecule has 0 aliphatic carbocycles. The molecule has 0 bridgehead atoms. The first-order valence-corrected chi connectivity index (χ1v) is 10.9. The summed E-state index contributed by atoms with van der Waals surface area (Å²) in [4.78, 5) is 40.6. The molecule has 0 radical (unpaired) electrons. The number of nitrogens with one attached hydrogen (secondary N) is 1. The van der Waals surface area contributed by atoms with Crippen molar-refractivity contribution in [2.24, 2.45) is 0 Å². The Balaban J connectivity index is 1.71. The predicted molar refractivity (Wildman–Crippen MR) is 126 cm³/mol. The van der Waals surface area contributed by atoms with Gasteiger partial charge in [-0.2, -0.15) is 0 Å². The average Bonchev–Trinajstić information content (AvgIpc) is 2.92. The first-order chi connectivity index (χ1) is 14.2. The van der Waals surface area contributed by atoms with Crippen LogP contribution in [-0.2, 0) is 9.59 Å². The third-order valence-corrected chi connectivity index (χ3v) is 6.26. The lowest BCUT2D eigenvalue weighted by atomic mass is 10.1. The van der Waals surface area contributed by atoms with Crippen molar-refractivity contribution in [1.82, 2.24) is 4.90 Å². The Kier molecular flexibility index (Phi) is 6.67. The summed E-state index contributed by atoms with van der Waals surface area (Å²) in [7, 11) is 3.88. The zero-order valence-electron chi connectivity index (χ0n) is 17.2. The number of hydrogen-bond acceptors (Lipinski definition) is 5. The van der Waals surface area contributed by atoms with E-state index in [2.05, 4.69) is 21.2 Å². The molecule has 2 aromatic rings. The number of rotatable bonds is 5. The Bertz CT molecular complexity index is 1070. The fourth-order valence-corrected chi connectivity index (χ4v) is 4.52. The Morgan fingerprint density at radius 3 is 2.50 bits per heavy atom. The smallest absolute Gasteiger partial charge is 0.294 e. The third-order valence-electron chi connectivity index (χ3n) is 4.72. The van der Waals surface area contributed by atoms with E-state index in [-0.39, 0.29) is 6.54 Å². The molecule has 156 valence electrons. The van der Waals surface area contributed by atoms with Crippen molar-refractivity contribution in [3.8, 4) is 0 Å². The lowest BCUT2D eigenvalue weighted by Crippen LogP contribution is -2.36. The highest BCUT2D eigenvalue weighted by molar-refractivity contribution is 9.10. The standard InChI is InChI=1S/C22H22BrN3O3S/c1-13-5-7-16(9-14(13)2)24-20(27)12-26-21(28)19(30-22(26)29)11-15-6-8-18(25(3)4)17(23)10-15/h5-11H,12H2,1-4H3,(H,24,27). The normalized spacial score (nSPS) is 15.1. The summed E-state index contributed by atoms with van der Waals surface area (Å²) in [5.41, 5.74) is 4.60. The number of anilines is 2. The van der Waals surface area contributed by atoms with E-state index in [1.54, 1.807) is 12.1 Å². The van der Waals surface area contributed by atoms with Gasteiger partial charge in [0.25, 0.3) is 11.1 Å². The molecule has 1 aliphatic heterocycles. The number of carbonyl (C=O) groups is 3. The summed E-state index contributed by atoms with van der Waals surface area (Å²) in [5.74, 6) is -0.882. The van der Waals surface area contributed by atoms with Crippen molar-refractivity contribution in [3.63, 3.8) is 0 Å². The van der Waals surface area contributed by atoms with E-state index in [4.69, 9.17) is 0 Å². The van der Waals surface area contributed by atoms with Gasteiger partial charge in [0.1, 0.15) is 6.54 Å². The molecular formula is C22H22BrN3O3S. The minimum Gasteiger partial charge on any atom is -0.377 e. The Morgan fingerprint density at radius 1 is 1.13 bits per heavy atom. The van der Waals surface area contributed by atoms with Crippen LogP contribution in [0.3, 0.4) is 0 Å². The van der Waals surface area contributed by atoms with Crippen LogP contribution in [0.2, 0.25) is 0 Å². The number of benzene rings is 2. The zero-order chi connectivity index (χ0) is 22.0. The first kappa shape index (κ1) is 22.1. The number of halogens is 1. The van der Waals surface area contributed by atoms with Crippen molar-refractivity contribution < 1.29 is 14.4 Å². The van der Waals surface area contributed by atoms with E-state index in [9.17, 15) is 14.4 Å². The Labute approximate surface area is 188 Å². The molecule has 0 unspecified atom stereocenters. The fraction of sp³-hybridized carbons (Fsp3) is 0.227. The van der Waals surface area contributed by atoms with Crippen LogP contribution in [0.4, 0.5) is 16.2 Å². The number of carbonyl (C=O) groups excluding carboxylic acids is 3. The molecule has 1 saturated heterocycles. The number of hydrogen-bond donors (Lipinski definition) is 1. The molecule has 8 heteroatoms. The Morgan fingerprint density at radius 2 is 1.87 bits per heavy atom. The van der Waals surface area contributed by atoms with E-state index in [1.165, 1.54) is 0 Å². The molecule has 0 saturated carbocycles. The number of imide groups is 1. The van der Waals surface area contributed by atoms with Gasteiger partial charge in [-0.05, 0) is 88.6 Å². The first-order valence-electron chi connectivity index (χ1n) is 9.25. The van der Waals surface area contributed by atoms with Crippen LogP contribution in [0, 0.1) is 13.8 Å². The van der Waals surface area contributed by atoms with Crippen LogP contribution in [0.15, 0.2) is 45.8 Å². The lowest BCUT2D eigenvalue weighted by Gasteiger charge is -2.14. The van der Waals surface area contributed by atoms with Gasteiger partial charge in [-0.15, -0.1) is 0 Å². The molecule has 1 aliphatic rings. The van der Waals surface area contributed by atoms with Crippen LogP contribution >= 0.6 is 27.7 Å². The topological polar surface area (TPSA) is 69.7 Å².